The third kappa shape index (κ3) is 5.55. The van der Waals surface area contributed by atoms with Gasteiger partial charge in [-0.3, -0.25) is 9.36 Å². The van der Waals surface area contributed by atoms with Crippen LogP contribution in [0.4, 0.5) is 11.6 Å². The molecule has 33 heavy (non-hydrogen) atoms. The van der Waals surface area contributed by atoms with Gasteiger partial charge < -0.3 is 10.2 Å². The molecule has 3 N–H and O–H groups in total. The van der Waals surface area contributed by atoms with E-state index in [1.807, 2.05) is 34.9 Å². The summed E-state index contributed by atoms with van der Waals surface area (Å²) in [5.41, 5.74) is 1.29. The zero-order valence-corrected chi connectivity index (χ0v) is 19.8. The predicted molar refractivity (Wildman–Crippen MR) is 129 cm³/mol. The Labute approximate surface area is 197 Å². The van der Waals surface area contributed by atoms with Crippen LogP contribution < -0.4 is 15.4 Å². The first-order valence-electron chi connectivity index (χ1n) is 10.7. The van der Waals surface area contributed by atoms with Crippen molar-refractivity contribution in [3.8, 4) is 5.69 Å². The van der Waals surface area contributed by atoms with Crippen molar-refractivity contribution in [3.63, 3.8) is 0 Å². The van der Waals surface area contributed by atoms with Crippen molar-refractivity contribution in [1.29, 1.82) is 0 Å². The lowest BCUT2D eigenvalue weighted by Crippen LogP contribution is -2.31. The summed E-state index contributed by atoms with van der Waals surface area (Å²) in [6, 6.07) is 15.7. The topological polar surface area (TPSA) is 123 Å². The predicted octanol–water partition coefficient (Wildman–Crippen LogP) is 3.02. The molecule has 174 valence electrons. The summed E-state index contributed by atoms with van der Waals surface area (Å²) in [4.78, 5) is 15.0. The first-order chi connectivity index (χ1) is 15.8. The van der Waals surface area contributed by atoms with Gasteiger partial charge in [0, 0.05) is 18.8 Å². The SMILES string of the molecule is CC(Sc1nnc(N2CCCCC2)n1-c1ccccc1)C(=O)Nc1cccc(S(N)(=O)=O)c1. The van der Waals surface area contributed by atoms with E-state index in [1.54, 1.807) is 13.0 Å². The number of para-hydroxylation sites is 1. The fourth-order valence-corrected chi connectivity index (χ4v) is 5.07. The van der Waals surface area contributed by atoms with Gasteiger partial charge in [-0.1, -0.05) is 36.0 Å². The maximum Gasteiger partial charge on any atom is 0.238 e. The van der Waals surface area contributed by atoms with Crippen molar-refractivity contribution >= 4 is 39.3 Å². The molecule has 1 fully saturated rings. The van der Waals surface area contributed by atoms with Gasteiger partial charge in [0.15, 0.2) is 5.16 Å². The lowest BCUT2D eigenvalue weighted by atomic mass is 10.1. The summed E-state index contributed by atoms with van der Waals surface area (Å²) < 4.78 is 25.2. The second-order valence-electron chi connectivity index (χ2n) is 7.82. The van der Waals surface area contributed by atoms with Crippen molar-refractivity contribution in [2.45, 2.75) is 41.5 Å². The summed E-state index contributed by atoms with van der Waals surface area (Å²) in [7, 11) is -3.86. The van der Waals surface area contributed by atoms with Crippen molar-refractivity contribution in [1.82, 2.24) is 14.8 Å². The van der Waals surface area contributed by atoms with Crippen LogP contribution >= 0.6 is 11.8 Å². The fraction of sp³-hybridized carbons (Fsp3) is 0.318. The average Bonchev–Trinajstić information content (AvgIpc) is 3.23. The van der Waals surface area contributed by atoms with Crippen LogP contribution in [0.2, 0.25) is 0 Å². The first-order valence-corrected chi connectivity index (χ1v) is 13.1. The molecule has 1 atom stereocenters. The number of hydrogen-bond acceptors (Lipinski definition) is 7. The molecule has 0 saturated carbocycles. The lowest BCUT2D eigenvalue weighted by Gasteiger charge is -2.28. The molecule has 1 amide bonds. The number of hydrogen-bond donors (Lipinski definition) is 2. The van der Waals surface area contributed by atoms with Crippen LogP contribution in [0.5, 0.6) is 0 Å². The number of aromatic nitrogens is 3. The van der Waals surface area contributed by atoms with Crippen LogP contribution in [0, 0.1) is 0 Å². The number of nitrogens with zero attached hydrogens (tertiary/aromatic N) is 4. The number of amides is 1. The minimum atomic E-state index is -3.86. The van der Waals surface area contributed by atoms with Gasteiger partial charge in [0.25, 0.3) is 0 Å². The highest BCUT2D eigenvalue weighted by atomic mass is 32.2. The van der Waals surface area contributed by atoms with Crippen molar-refractivity contribution < 1.29 is 13.2 Å². The van der Waals surface area contributed by atoms with E-state index in [9.17, 15) is 13.2 Å². The monoisotopic (exact) mass is 486 g/mol. The highest BCUT2D eigenvalue weighted by Gasteiger charge is 2.25. The Kier molecular flexibility index (Phi) is 7.01. The van der Waals surface area contributed by atoms with E-state index in [0.717, 1.165) is 37.6 Å². The molecule has 4 rings (SSSR count). The smallest absolute Gasteiger partial charge is 0.238 e. The highest BCUT2D eigenvalue weighted by molar-refractivity contribution is 8.00. The summed E-state index contributed by atoms with van der Waals surface area (Å²) >= 11 is 1.29. The van der Waals surface area contributed by atoms with Crippen molar-refractivity contribution in [2.24, 2.45) is 5.14 Å². The molecule has 1 aromatic heterocycles. The maximum atomic E-state index is 12.9. The molecule has 0 bridgehead atoms. The number of primary sulfonamides is 1. The minimum absolute atomic E-state index is 0.0596. The molecular formula is C22H26N6O3S2. The van der Waals surface area contributed by atoms with Gasteiger partial charge in [-0.05, 0) is 56.5 Å². The van der Waals surface area contributed by atoms with E-state index < -0.39 is 15.3 Å². The summed E-state index contributed by atoms with van der Waals surface area (Å²) in [6.45, 7) is 3.62. The number of sulfonamides is 1. The number of anilines is 2. The Morgan fingerprint density at radius 3 is 2.48 bits per heavy atom. The summed E-state index contributed by atoms with van der Waals surface area (Å²) in [5.74, 6) is 0.491. The number of thioether (sulfide) groups is 1. The summed E-state index contributed by atoms with van der Waals surface area (Å²) in [5, 5.41) is 16.9. The van der Waals surface area contributed by atoms with Gasteiger partial charge in [-0.25, -0.2) is 13.6 Å². The van der Waals surface area contributed by atoms with Crippen LogP contribution in [-0.2, 0) is 14.8 Å². The minimum Gasteiger partial charge on any atom is -0.341 e. The van der Waals surface area contributed by atoms with E-state index in [4.69, 9.17) is 5.14 Å². The van der Waals surface area contributed by atoms with Crippen LogP contribution in [0.1, 0.15) is 26.2 Å². The van der Waals surface area contributed by atoms with Crippen molar-refractivity contribution in [2.75, 3.05) is 23.3 Å². The number of rotatable bonds is 7. The van der Waals surface area contributed by atoms with Crippen LogP contribution in [0.25, 0.3) is 5.69 Å². The van der Waals surface area contributed by atoms with E-state index in [1.165, 1.54) is 36.4 Å². The Bertz CT molecular complexity index is 1220. The van der Waals surface area contributed by atoms with Crippen molar-refractivity contribution in [3.05, 3.63) is 54.6 Å². The molecule has 9 nitrogen and oxygen atoms in total. The lowest BCUT2D eigenvalue weighted by molar-refractivity contribution is -0.115. The molecule has 0 aliphatic carbocycles. The summed E-state index contributed by atoms with van der Waals surface area (Å²) in [6.07, 6.45) is 3.43. The number of carbonyl (C=O) groups is 1. The molecule has 3 aromatic rings. The third-order valence-corrected chi connectivity index (χ3v) is 7.30. The molecule has 0 spiro atoms. The highest BCUT2D eigenvalue weighted by Crippen LogP contribution is 2.31. The van der Waals surface area contributed by atoms with Crippen LogP contribution in [0.3, 0.4) is 0 Å². The largest absolute Gasteiger partial charge is 0.341 e. The van der Waals surface area contributed by atoms with Crippen LogP contribution in [0.15, 0.2) is 64.6 Å². The third-order valence-electron chi connectivity index (χ3n) is 5.35. The van der Waals surface area contributed by atoms with E-state index in [2.05, 4.69) is 20.4 Å². The zero-order valence-electron chi connectivity index (χ0n) is 18.2. The molecule has 1 unspecified atom stereocenters. The Morgan fingerprint density at radius 2 is 1.79 bits per heavy atom. The normalized spacial score (nSPS) is 15.3. The zero-order chi connectivity index (χ0) is 23.4. The van der Waals surface area contributed by atoms with Gasteiger partial charge in [-0.2, -0.15) is 0 Å². The fourth-order valence-electron chi connectivity index (χ4n) is 3.65. The average molecular weight is 487 g/mol. The number of nitrogens with one attached hydrogen (secondary N) is 1. The van der Waals surface area contributed by atoms with E-state index in [-0.39, 0.29) is 10.8 Å². The molecule has 2 aromatic carbocycles. The van der Waals surface area contributed by atoms with E-state index >= 15 is 0 Å². The first kappa shape index (κ1) is 23.3. The van der Waals surface area contributed by atoms with Crippen LogP contribution in [-0.4, -0.2) is 47.4 Å². The van der Waals surface area contributed by atoms with Gasteiger partial charge in [0.2, 0.25) is 21.9 Å². The Balaban J connectivity index is 1.56. The molecule has 11 heteroatoms. The molecular weight excluding hydrogens is 460 g/mol. The quantitative estimate of drug-likeness (QED) is 0.492. The van der Waals surface area contributed by atoms with Gasteiger partial charge in [0.1, 0.15) is 0 Å². The standard InChI is InChI=1S/C22H26N6O3S2/c1-16(20(29)24-17-9-8-12-19(15-17)33(23,30)31)32-22-26-25-21(27-13-6-3-7-14-27)28(22)18-10-4-2-5-11-18/h2,4-5,8-12,15-16H,3,6-7,13-14H2,1H3,(H,24,29)(H2,23,30,31). The van der Waals surface area contributed by atoms with Gasteiger partial charge in [0.05, 0.1) is 15.8 Å². The number of nitrogens with two attached hydrogens (primary N) is 1. The van der Waals surface area contributed by atoms with E-state index in [0.29, 0.717) is 10.8 Å². The Hall–Kier alpha value is -2.89. The number of piperidine rings is 1. The Morgan fingerprint density at radius 1 is 1.06 bits per heavy atom. The second kappa shape index (κ2) is 9.94. The van der Waals surface area contributed by atoms with Gasteiger partial charge >= 0.3 is 0 Å². The number of benzene rings is 2. The molecule has 2 heterocycles. The maximum absolute atomic E-state index is 12.9. The second-order valence-corrected chi connectivity index (χ2v) is 10.7. The molecule has 1 saturated heterocycles. The number of carbonyl (C=O) groups excluding carboxylic acids is 1. The molecule has 1 aliphatic rings. The molecule has 0 radical (unpaired) electrons. The van der Waals surface area contributed by atoms with Gasteiger partial charge in [-0.15, -0.1) is 10.2 Å². The molecule has 1 aliphatic heterocycles.